The van der Waals surface area contributed by atoms with E-state index in [9.17, 15) is 9.59 Å². The number of methoxy groups -OCH3 is 1. The summed E-state index contributed by atoms with van der Waals surface area (Å²) in [4.78, 5) is 29.1. The van der Waals surface area contributed by atoms with E-state index in [0.717, 1.165) is 0 Å². The summed E-state index contributed by atoms with van der Waals surface area (Å²) in [7, 11) is 1.28. The lowest BCUT2D eigenvalue weighted by Crippen LogP contribution is -2.35. The second-order valence-electron chi connectivity index (χ2n) is 4.07. The Morgan fingerprint density at radius 3 is 2.60 bits per heavy atom. The number of anilines is 2. The van der Waals surface area contributed by atoms with E-state index in [1.165, 1.54) is 19.4 Å². The number of aromatic nitrogens is 1. The molecule has 0 aromatic carbocycles. The van der Waals surface area contributed by atoms with Crippen LogP contribution >= 0.6 is 0 Å². The standard InChI is InChI=1S/C13H20N4O3/c1-4-17(5-2)12(18)8-16-11-6-9(13(19)20-3)10(14)7-15-11/h6-7H,4-5,8,14H2,1-3H3,(H,15,16). The number of pyridine rings is 1. The van der Waals surface area contributed by atoms with E-state index in [1.807, 2.05) is 13.8 Å². The zero-order chi connectivity index (χ0) is 15.1. The number of hydrogen-bond acceptors (Lipinski definition) is 6. The van der Waals surface area contributed by atoms with Crippen LogP contribution in [0, 0.1) is 0 Å². The average molecular weight is 280 g/mol. The summed E-state index contributed by atoms with van der Waals surface area (Å²) < 4.78 is 4.62. The maximum absolute atomic E-state index is 11.8. The Labute approximate surface area is 118 Å². The Kier molecular flexibility index (Phi) is 5.76. The van der Waals surface area contributed by atoms with Gasteiger partial charge in [0.05, 0.1) is 31.1 Å². The first-order valence-electron chi connectivity index (χ1n) is 6.38. The predicted octanol–water partition coefficient (Wildman–Crippen LogP) is 0.731. The first-order valence-corrected chi connectivity index (χ1v) is 6.38. The van der Waals surface area contributed by atoms with Crippen molar-refractivity contribution in [2.75, 3.05) is 37.8 Å². The number of ether oxygens (including phenoxy) is 1. The van der Waals surface area contributed by atoms with Gasteiger partial charge < -0.3 is 20.7 Å². The molecule has 0 atom stereocenters. The summed E-state index contributed by atoms with van der Waals surface area (Å²) in [5, 5.41) is 2.87. The number of nitrogens with two attached hydrogens (primary N) is 1. The number of nitrogens with one attached hydrogen (secondary N) is 1. The third-order valence-corrected chi connectivity index (χ3v) is 2.88. The lowest BCUT2D eigenvalue weighted by molar-refractivity contribution is -0.128. The van der Waals surface area contributed by atoms with E-state index >= 15 is 0 Å². The van der Waals surface area contributed by atoms with Gasteiger partial charge in [-0.3, -0.25) is 4.79 Å². The predicted molar refractivity (Wildman–Crippen MR) is 76.4 cm³/mol. The van der Waals surface area contributed by atoms with Crippen molar-refractivity contribution in [3.05, 3.63) is 17.8 Å². The molecule has 7 nitrogen and oxygen atoms in total. The molecule has 20 heavy (non-hydrogen) atoms. The van der Waals surface area contributed by atoms with Gasteiger partial charge in [0, 0.05) is 13.1 Å². The third kappa shape index (κ3) is 3.84. The van der Waals surface area contributed by atoms with Crippen molar-refractivity contribution in [1.82, 2.24) is 9.88 Å². The fourth-order valence-corrected chi connectivity index (χ4v) is 1.70. The third-order valence-electron chi connectivity index (χ3n) is 2.88. The second kappa shape index (κ2) is 7.32. The summed E-state index contributed by atoms with van der Waals surface area (Å²) in [5.41, 5.74) is 6.10. The van der Waals surface area contributed by atoms with Gasteiger partial charge in [-0.05, 0) is 19.9 Å². The Morgan fingerprint density at radius 1 is 1.40 bits per heavy atom. The van der Waals surface area contributed by atoms with Gasteiger partial charge in [0.25, 0.3) is 0 Å². The quantitative estimate of drug-likeness (QED) is 0.746. The average Bonchev–Trinajstić information content (AvgIpc) is 2.46. The number of nitrogens with zero attached hydrogens (tertiary/aromatic N) is 2. The minimum Gasteiger partial charge on any atom is -0.465 e. The van der Waals surface area contributed by atoms with Crippen molar-refractivity contribution >= 4 is 23.4 Å². The number of carbonyl (C=O) groups excluding carboxylic acids is 2. The van der Waals surface area contributed by atoms with Crippen LogP contribution in [-0.4, -0.2) is 48.5 Å². The minimum atomic E-state index is -0.539. The molecule has 1 aromatic rings. The number of esters is 1. The lowest BCUT2D eigenvalue weighted by Gasteiger charge is -2.19. The molecule has 110 valence electrons. The highest BCUT2D eigenvalue weighted by atomic mass is 16.5. The molecule has 1 amide bonds. The van der Waals surface area contributed by atoms with Crippen LogP contribution in [-0.2, 0) is 9.53 Å². The maximum atomic E-state index is 11.8. The summed E-state index contributed by atoms with van der Waals surface area (Å²) in [6.45, 7) is 5.24. The molecule has 0 aliphatic rings. The highest BCUT2D eigenvalue weighted by Crippen LogP contribution is 2.15. The van der Waals surface area contributed by atoms with Crippen molar-refractivity contribution < 1.29 is 14.3 Å². The number of hydrogen-bond donors (Lipinski definition) is 2. The second-order valence-corrected chi connectivity index (χ2v) is 4.07. The van der Waals surface area contributed by atoms with Gasteiger partial charge in [0.15, 0.2) is 0 Å². The summed E-state index contributed by atoms with van der Waals surface area (Å²) >= 11 is 0. The number of amides is 1. The van der Waals surface area contributed by atoms with E-state index < -0.39 is 5.97 Å². The first-order chi connectivity index (χ1) is 9.53. The largest absolute Gasteiger partial charge is 0.465 e. The summed E-state index contributed by atoms with van der Waals surface area (Å²) in [6.07, 6.45) is 1.36. The van der Waals surface area contributed by atoms with Gasteiger partial charge in [-0.15, -0.1) is 0 Å². The molecule has 1 rings (SSSR count). The Balaban J connectivity index is 2.74. The summed E-state index contributed by atoms with van der Waals surface area (Å²) in [5.74, 6) is -0.170. The molecule has 0 bridgehead atoms. The van der Waals surface area contributed by atoms with Gasteiger partial charge in [-0.1, -0.05) is 0 Å². The van der Waals surface area contributed by atoms with Crippen LogP contribution in [0.4, 0.5) is 11.5 Å². The smallest absolute Gasteiger partial charge is 0.340 e. The van der Waals surface area contributed by atoms with Crippen LogP contribution in [0.2, 0.25) is 0 Å². The van der Waals surface area contributed by atoms with Gasteiger partial charge in [-0.25, -0.2) is 9.78 Å². The van der Waals surface area contributed by atoms with Crippen molar-refractivity contribution in [2.45, 2.75) is 13.8 Å². The maximum Gasteiger partial charge on any atom is 0.340 e. The molecular formula is C13H20N4O3. The normalized spacial score (nSPS) is 9.95. The molecule has 3 N–H and O–H groups in total. The zero-order valence-corrected chi connectivity index (χ0v) is 12.0. The van der Waals surface area contributed by atoms with Gasteiger partial charge in [0.2, 0.25) is 5.91 Å². The number of likely N-dealkylation sites (N-methyl/N-ethyl adjacent to an activating group) is 1. The van der Waals surface area contributed by atoms with E-state index in [0.29, 0.717) is 18.9 Å². The van der Waals surface area contributed by atoms with E-state index in [1.54, 1.807) is 4.90 Å². The Bertz CT molecular complexity index is 487. The van der Waals surface area contributed by atoms with Crippen molar-refractivity contribution in [2.24, 2.45) is 0 Å². The highest BCUT2D eigenvalue weighted by molar-refractivity contribution is 5.95. The monoisotopic (exact) mass is 280 g/mol. The molecule has 0 aliphatic heterocycles. The summed E-state index contributed by atoms with van der Waals surface area (Å²) in [6, 6.07) is 1.47. The molecule has 0 saturated heterocycles. The van der Waals surface area contributed by atoms with Crippen LogP contribution in [0.25, 0.3) is 0 Å². The van der Waals surface area contributed by atoms with Crippen LogP contribution in [0.1, 0.15) is 24.2 Å². The fourth-order valence-electron chi connectivity index (χ4n) is 1.70. The number of nitrogen functional groups attached to an aromatic ring is 1. The number of rotatable bonds is 6. The van der Waals surface area contributed by atoms with Crippen molar-refractivity contribution in [3.8, 4) is 0 Å². The first kappa shape index (κ1) is 15.7. The topological polar surface area (TPSA) is 97.5 Å². The molecule has 0 aliphatic carbocycles. The molecule has 1 aromatic heterocycles. The SMILES string of the molecule is CCN(CC)C(=O)CNc1cc(C(=O)OC)c(N)cn1. The molecule has 0 radical (unpaired) electrons. The molecule has 0 saturated carbocycles. The van der Waals surface area contributed by atoms with Crippen LogP contribution in [0.3, 0.4) is 0 Å². The van der Waals surface area contributed by atoms with Gasteiger partial charge in [0.1, 0.15) is 5.82 Å². The van der Waals surface area contributed by atoms with E-state index in [-0.39, 0.29) is 23.7 Å². The molecule has 0 unspecified atom stereocenters. The van der Waals surface area contributed by atoms with Crippen LogP contribution in [0.5, 0.6) is 0 Å². The fraction of sp³-hybridized carbons (Fsp3) is 0.462. The Hall–Kier alpha value is -2.31. The zero-order valence-electron chi connectivity index (χ0n) is 12.0. The molecule has 7 heteroatoms. The molecular weight excluding hydrogens is 260 g/mol. The van der Waals surface area contributed by atoms with Gasteiger partial charge >= 0.3 is 5.97 Å². The van der Waals surface area contributed by atoms with Crippen molar-refractivity contribution in [3.63, 3.8) is 0 Å². The van der Waals surface area contributed by atoms with Crippen LogP contribution < -0.4 is 11.1 Å². The highest BCUT2D eigenvalue weighted by Gasteiger charge is 2.13. The minimum absolute atomic E-state index is 0.0340. The van der Waals surface area contributed by atoms with E-state index in [4.69, 9.17) is 5.73 Å². The lowest BCUT2D eigenvalue weighted by atomic mass is 10.2. The van der Waals surface area contributed by atoms with Gasteiger partial charge in [-0.2, -0.15) is 0 Å². The number of carbonyl (C=O) groups is 2. The van der Waals surface area contributed by atoms with Crippen LogP contribution in [0.15, 0.2) is 12.3 Å². The molecule has 0 spiro atoms. The van der Waals surface area contributed by atoms with Crippen molar-refractivity contribution in [1.29, 1.82) is 0 Å². The molecule has 1 heterocycles. The Morgan fingerprint density at radius 2 is 2.05 bits per heavy atom. The molecule has 0 fully saturated rings. The van der Waals surface area contributed by atoms with E-state index in [2.05, 4.69) is 15.0 Å².